The first-order valence-electron chi connectivity index (χ1n) is 3.60. The van der Waals surface area contributed by atoms with Crippen LogP contribution < -0.4 is 0 Å². The fourth-order valence-corrected chi connectivity index (χ4v) is 2.69. The Morgan fingerprint density at radius 3 is 2.58 bits per heavy atom. The molecule has 0 saturated carbocycles. The second-order valence-electron chi connectivity index (χ2n) is 2.54. The second kappa shape index (κ2) is 2.95. The summed E-state index contributed by atoms with van der Waals surface area (Å²) in [6, 6.07) is 0. The van der Waals surface area contributed by atoms with Crippen molar-refractivity contribution >= 4 is 22.7 Å². The number of hydrogen-bond acceptors (Lipinski definition) is 4. The summed E-state index contributed by atoms with van der Waals surface area (Å²) in [6.45, 7) is 4.08. The molecular formula is C8H8N2S2. The molecule has 0 amide bonds. The molecule has 4 heteroatoms. The van der Waals surface area contributed by atoms with Gasteiger partial charge < -0.3 is 0 Å². The minimum absolute atomic E-state index is 1.08. The largest absolute Gasteiger partial charge is 0.249 e. The summed E-state index contributed by atoms with van der Waals surface area (Å²) in [7, 11) is 0. The average Bonchev–Trinajstić information content (AvgIpc) is 2.58. The Balaban J connectivity index is 2.50. The highest BCUT2D eigenvalue weighted by Crippen LogP contribution is 2.30. The summed E-state index contributed by atoms with van der Waals surface area (Å²) in [6.07, 6.45) is 1.90. The van der Waals surface area contributed by atoms with Gasteiger partial charge in [0.1, 0.15) is 5.01 Å². The van der Waals surface area contributed by atoms with E-state index in [1.165, 1.54) is 9.75 Å². The van der Waals surface area contributed by atoms with Gasteiger partial charge in [0.05, 0.1) is 16.1 Å². The van der Waals surface area contributed by atoms with Gasteiger partial charge in [0.15, 0.2) is 0 Å². The van der Waals surface area contributed by atoms with E-state index in [-0.39, 0.29) is 0 Å². The molecule has 62 valence electrons. The van der Waals surface area contributed by atoms with E-state index < -0.39 is 0 Å². The fourth-order valence-electron chi connectivity index (χ4n) is 0.967. The van der Waals surface area contributed by atoms with Gasteiger partial charge in [-0.05, 0) is 13.8 Å². The molecule has 2 aromatic heterocycles. The molecule has 0 bridgehead atoms. The summed E-state index contributed by atoms with van der Waals surface area (Å²) >= 11 is 3.37. The van der Waals surface area contributed by atoms with Crippen molar-refractivity contribution in [3.8, 4) is 9.88 Å². The SMILES string of the molecule is Cc1cnc(-c2scnc2C)s1. The summed E-state index contributed by atoms with van der Waals surface area (Å²) in [5.41, 5.74) is 2.94. The van der Waals surface area contributed by atoms with Gasteiger partial charge >= 0.3 is 0 Å². The van der Waals surface area contributed by atoms with E-state index >= 15 is 0 Å². The van der Waals surface area contributed by atoms with Crippen LogP contribution in [0, 0.1) is 13.8 Å². The molecule has 0 fully saturated rings. The van der Waals surface area contributed by atoms with E-state index in [9.17, 15) is 0 Å². The number of aryl methyl sites for hydroxylation is 2. The topological polar surface area (TPSA) is 25.8 Å². The molecule has 0 unspecified atom stereocenters. The Bertz CT molecular complexity index is 389. The van der Waals surface area contributed by atoms with Gasteiger partial charge in [-0.3, -0.25) is 0 Å². The lowest BCUT2D eigenvalue weighted by molar-refractivity contribution is 1.26. The molecule has 0 atom stereocenters. The fraction of sp³-hybridized carbons (Fsp3) is 0.250. The van der Waals surface area contributed by atoms with Crippen LogP contribution in [-0.4, -0.2) is 9.97 Å². The average molecular weight is 196 g/mol. The number of nitrogens with zero attached hydrogens (tertiary/aromatic N) is 2. The zero-order valence-electron chi connectivity index (χ0n) is 6.87. The van der Waals surface area contributed by atoms with Crippen molar-refractivity contribution in [2.24, 2.45) is 0 Å². The van der Waals surface area contributed by atoms with Crippen LogP contribution in [0.4, 0.5) is 0 Å². The lowest BCUT2D eigenvalue weighted by Gasteiger charge is -1.88. The first-order chi connectivity index (χ1) is 5.77. The number of hydrogen-bond donors (Lipinski definition) is 0. The minimum atomic E-state index is 1.08. The first kappa shape index (κ1) is 7.89. The maximum absolute atomic E-state index is 4.31. The Labute approximate surface area is 78.9 Å². The van der Waals surface area contributed by atoms with E-state index in [0.717, 1.165) is 10.7 Å². The van der Waals surface area contributed by atoms with Crippen molar-refractivity contribution in [1.82, 2.24) is 9.97 Å². The van der Waals surface area contributed by atoms with Crippen LogP contribution in [0.2, 0.25) is 0 Å². The zero-order valence-corrected chi connectivity index (χ0v) is 8.50. The molecule has 12 heavy (non-hydrogen) atoms. The Kier molecular flexibility index (Phi) is 1.94. The quantitative estimate of drug-likeness (QED) is 0.701. The van der Waals surface area contributed by atoms with Crippen LogP contribution in [0.5, 0.6) is 0 Å². The molecule has 0 N–H and O–H groups in total. The van der Waals surface area contributed by atoms with E-state index in [4.69, 9.17) is 0 Å². The van der Waals surface area contributed by atoms with E-state index in [1.54, 1.807) is 22.7 Å². The highest BCUT2D eigenvalue weighted by molar-refractivity contribution is 7.20. The van der Waals surface area contributed by atoms with Crippen molar-refractivity contribution < 1.29 is 0 Å². The molecular weight excluding hydrogens is 188 g/mol. The van der Waals surface area contributed by atoms with Crippen LogP contribution in [0.3, 0.4) is 0 Å². The molecule has 0 saturated heterocycles. The summed E-state index contributed by atoms with van der Waals surface area (Å²) in [4.78, 5) is 10.9. The van der Waals surface area contributed by atoms with E-state index in [1.807, 2.05) is 18.6 Å². The van der Waals surface area contributed by atoms with Crippen molar-refractivity contribution in [1.29, 1.82) is 0 Å². The maximum atomic E-state index is 4.31. The highest BCUT2D eigenvalue weighted by atomic mass is 32.1. The van der Waals surface area contributed by atoms with Gasteiger partial charge in [-0.1, -0.05) is 0 Å². The van der Waals surface area contributed by atoms with Crippen molar-refractivity contribution in [2.45, 2.75) is 13.8 Å². The van der Waals surface area contributed by atoms with Crippen molar-refractivity contribution in [3.05, 3.63) is 22.3 Å². The zero-order chi connectivity index (χ0) is 8.55. The van der Waals surface area contributed by atoms with Gasteiger partial charge in [0.2, 0.25) is 0 Å². The molecule has 2 rings (SSSR count). The molecule has 0 spiro atoms. The third-order valence-electron chi connectivity index (χ3n) is 1.56. The number of thiazole rings is 2. The second-order valence-corrected chi connectivity index (χ2v) is 4.63. The molecule has 0 aromatic carbocycles. The van der Waals surface area contributed by atoms with Crippen LogP contribution >= 0.6 is 22.7 Å². The van der Waals surface area contributed by atoms with Gasteiger partial charge in [0.25, 0.3) is 0 Å². The third kappa shape index (κ3) is 1.28. The number of rotatable bonds is 1. The highest BCUT2D eigenvalue weighted by Gasteiger charge is 2.07. The van der Waals surface area contributed by atoms with E-state index in [0.29, 0.717) is 0 Å². The normalized spacial score (nSPS) is 10.5. The Morgan fingerprint density at radius 2 is 2.08 bits per heavy atom. The van der Waals surface area contributed by atoms with Crippen LogP contribution in [-0.2, 0) is 0 Å². The Morgan fingerprint density at radius 1 is 1.25 bits per heavy atom. The van der Waals surface area contributed by atoms with Gasteiger partial charge in [-0.2, -0.15) is 0 Å². The minimum Gasteiger partial charge on any atom is -0.249 e. The van der Waals surface area contributed by atoms with Crippen molar-refractivity contribution in [2.75, 3.05) is 0 Å². The monoisotopic (exact) mass is 196 g/mol. The molecule has 0 aliphatic heterocycles. The van der Waals surface area contributed by atoms with Gasteiger partial charge in [-0.15, -0.1) is 22.7 Å². The molecule has 2 aromatic rings. The maximum Gasteiger partial charge on any atom is 0.135 e. The molecule has 0 aliphatic rings. The summed E-state index contributed by atoms with van der Waals surface area (Å²) < 4.78 is 0. The third-order valence-corrected chi connectivity index (χ3v) is 3.56. The lowest BCUT2D eigenvalue weighted by atomic mass is 10.4. The first-order valence-corrected chi connectivity index (χ1v) is 5.30. The van der Waals surface area contributed by atoms with Crippen molar-refractivity contribution in [3.63, 3.8) is 0 Å². The Hall–Kier alpha value is -0.740. The van der Waals surface area contributed by atoms with Crippen LogP contribution in [0.15, 0.2) is 11.7 Å². The molecule has 2 heterocycles. The van der Waals surface area contributed by atoms with Crippen LogP contribution in [0.25, 0.3) is 9.88 Å². The summed E-state index contributed by atoms with van der Waals surface area (Å²) in [5.74, 6) is 0. The molecule has 0 radical (unpaired) electrons. The number of aromatic nitrogens is 2. The molecule has 0 aliphatic carbocycles. The summed E-state index contributed by atoms with van der Waals surface area (Å²) in [5, 5.41) is 1.09. The predicted octanol–water partition coefficient (Wildman–Crippen LogP) is 2.88. The van der Waals surface area contributed by atoms with E-state index in [2.05, 4.69) is 16.9 Å². The smallest absolute Gasteiger partial charge is 0.135 e. The van der Waals surface area contributed by atoms with Crippen LogP contribution in [0.1, 0.15) is 10.6 Å². The predicted molar refractivity (Wildman–Crippen MR) is 52.7 cm³/mol. The van der Waals surface area contributed by atoms with Gasteiger partial charge in [0, 0.05) is 11.1 Å². The molecule has 2 nitrogen and oxygen atoms in total. The van der Waals surface area contributed by atoms with Gasteiger partial charge in [-0.25, -0.2) is 9.97 Å². The standard InChI is InChI=1S/C8H8N2S2/c1-5-3-9-8(12-5)7-6(2)10-4-11-7/h3-4H,1-2H3. The lowest BCUT2D eigenvalue weighted by Crippen LogP contribution is -1.74.